The topological polar surface area (TPSA) is 72.3 Å². The van der Waals surface area contributed by atoms with Crippen molar-refractivity contribution in [2.24, 2.45) is 11.5 Å². The first-order valence-electron chi connectivity index (χ1n) is 3.69. The van der Waals surface area contributed by atoms with Gasteiger partial charge in [0.15, 0.2) is 0 Å². The Morgan fingerprint density at radius 1 is 1.31 bits per heavy atom. The van der Waals surface area contributed by atoms with Gasteiger partial charge in [-0.2, -0.15) is 0 Å². The number of benzene rings is 1. The summed E-state index contributed by atoms with van der Waals surface area (Å²) in [6.45, 7) is 0.414. The van der Waals surface area contributed by atoms with Crippen molar-refractivity contribution in [2.45, 2.75) is 6.04 Å². The number of rotatable bonds is 2. The van der Waals surface area contributed by atoms with Crippen LogP contribution in [0.1, 0.15) is 11.6 Å². The first-order chi connectivity index (χ1) is 6.06. The highest BCUT2D eigenvalue weighted by Crippen LogP contribution is 2.28. The SMILES string of the molecule is NC[C@@H](N)c1cc(I)c(O)c(I)c1. The molecule has 1 rings (SSSR count). The lowest BCUT2D eigenvalue weighted by atomic mass is 10.1. The predicted molar refractivity (Wildman–Crippen MR) is 69.5 cm³/mol. The second-order valence-electron chi connectivity index (χ2n) is 2.68. The summed E-state index contributed by atoms with van der Waals surface area (Å²) in [5, 5.41) is 9.50. The molecule has 5 N–H and O–H groups in total. The van der Waals surface area contributed by atoms with Crippen LogP contribution in [0.5, 0.6) is 5.75 Å². The number of aromatic hydroxyl groups is 1. The molecule has 0 fully saturated rings. The normalized spacial score (nSPS) is 12.9. The molecule has 0 spiro atoms. The molecule has 13 heavy (non-hydrogen) atoms. The number of phenols is 1. The van der Waals surface area contributed by atoms with E-state index in [1.807, 2.05) is 12.1 Å². The number of hydrogen-bond donors (Lipinski definition) is 3. The zero-order valence-corrected chi connectivity index (χ0v) is 11.1. The molecule has 5 heteroatoms. The zero-order valence-electron chi connectivity index (χ0n) is 6.80. The van der Waals surface area contributed by atoms with Crippen LogP contribution >= 0.6 is 45.2 Å². The highest BCUT2D eigenvalue weighted by molar-refractivity contribution is 14.1. The molecule has 1 aromatic rings. The summed E-state index contributed by atoms with van der Waals surface area (Å²) in [5.74, 6) is 0.314. The Balaban J connectivity index is 3.13. The summed E-state index contributed by atoms with van der Waals surface area (Å²) in [7, 11) is 0. The maximum Gasteiger partial charge on any atom is 0.142 e. The molecule has 0 aromatic heterocycles. The molecular formula is C8H10I2N2O. The van der Waals surface area contributed by atoms with Crippen LogP contribution in [0.15, 0.2) is 12.1 Å². The van der Waals surface area contributed by atoms with Gasteiger partial charge in [0.25, 0.3) is 0 Å². The van der Waals surface area contributed by atoms with E-state index >= 15 is 0 Å². The highest BCUT2D eigenvalue weighted by Gasteiger charge is 2.09. The molecule has 72 valence electrons. The molecule has 0 saturated carbocycles. The molecule has 3 nitrogen and oxygen atoms in total. The summed E-state index contributed by atoms with van der Waals surface area (Å²) in [4.78, 5) is 0. The van der Waals surface area contributed by atoms with E-state index in [1.165, 1.54) is 0 Å². The Hall–Kier alpha value is 0.400. The number of halogens is 2. The third-order valence-electron chi connectivity index (χ3n) is 1.72. The predicted octanol–water partition coefficient (Wildman–Crippen LogP) is 1.56. The van der Waals surface area contributed by atoms with Gasteiger partial charge >= 0.3 is 0 Å². The third-order valence-corrected chi connectivity index (χ3v) is 3.37. The maximum absolute atomic E-state index is 9.50. The smallest absolute Gasteiger partial charge is 0.142 e. The van der Waals surface area contributed by atoms with Gasteiger partial charge in [-0.15, -0.1) is 0 Å². The van der Waals surface area contributed by atoms with Gasteiger partial charge in [0.2, 0.25) is 0 Å². The van der Waals surface area contributed by atoms with Gasteiger partial charge in [-0.3, -0.25) is 0 Å². The van der Waals surface area contributed by atoms with Crippen LogP contribution in [-0.4, -0.2) is 11.7 Å². The van der Waals surface area contributed by atoms with E-state index in [2.05, 4.69) is 45.2 Å². The minimum absolute atomic E-state index is 0.150. The maximum atomic E-state index is 9.50. The second-order valence-corrected chi connectivity index (χ2v) is 5.00. The fraction of sp³-hybridized carbons (Fsp3) is 0.250. The molecule has 1 atom stereocenters. The number of nitrogens with two attached hydrogens (primary N) is 2. The van der Waals surface area contributed by atoms with Crippen molar-refractivity contribution in [1.82, 2.24) is 0 Å². The fourth-order valence-corrected chi connectivity index (χ4v) is 2.75. The Kier molecular flexibility index (Phi) is 4.20. The lowest BCUT2D eigenvalue weighted by Crippen LogP contribution is -2.20. The Labute approximate surface area is 104 Å². The molecule has 0 aliphatic carbocycles. The van der Waals surface area contributed by atoms with Gasteiger partial charge in [0.05, 0.1) is 7.14 Å². The van der Waals surface area contributed by atoms with Crippen LogP contribution in [0.4, 0.5) is 0 Å². The molecule has 0 amide bonds. The van der Waals surface area contributed by atoms with Gasteiger partial charge in [-0.05, 0) is 62.9 Å². The van der Waals surface area contributed by atoms with Crippen molar-refractivity contribution in [1.29, 1.82) is 0 Å². The van der Waals surface area contributed by atoms with E-state index in [0.29, 0.717) is 12.3 Å². The Bertz CT molecular complexity index is 294. The summed E-state index contributed by atoms with van der Waals surface area (Å²) in [5.41, 5.74) is 12.2. The molecule has 0 aliphatic rings. The highest BCUT2D eigenvalue weighted by atomic mass is 127. The lowest BCUT2D eigenvalue weighted by Gasteiger charge is -2.11. The lowest BCUT2D eigenvalue weighted by molar-refractivity contribution is 0.467. The van der Waals surface area contributed by atoms with Crippen molar-refractivity contribution < 1.29 is 5.11 Å². The average Bonchev–Trinajstić information content (AvgIpc) is 2.12. The van der Waals surface area contributed by atoms with Crippen LogP contribution < -0.4 is 11.5 Å². The van der Waals surface area contributed by atoms with E-state index in [1.54, 1.807) is 0 Å². The van der Waals surface area contributed by atoms with Crippen molar-refractivity contribution in [3.05, 3.63) is 24.8 Å². The third kappa shape index (κ3) is 2.67. The van der Waals surface area contributed by atoms with Gasteiger partial charge in [-0.25, -0.2) is 0 Å². The fourth-order valence-electron chi connectivity index (χ4n) is 0.935. The molecule has 1 aromatic carbocycles. The minimum atomic E-state index is -0.150. The van der Waals surface area contributed by atoms with Crippen LogP contribution in [-0.2, 0) is 0 Å². The van der Waals surface area contributed by atoms with Crippen LogP contribution in [0.25, 0.3) is 0 Å². The summed E-state index contributed by atoms with van der Waals surface area (Å²) in [6.07, 6.45) is 0. The van der Waals surface area contributed by atoms with Gasteiger partial charge in [0.1, 0.15) is 5.75 Å². The van der Waals surface area contributed by atoms with E-state index in [0.717, 1.165) is 12.7 Å². The molecule has 0 aliphatic heterocycles. The quantitative estimate of drug-likeness (QED) is 0.656. The molecule has 0 unspecified atom stereocenters. The Morgan fingerprint density at radius 2 is 1.77 bits per heavy atom. The largest absolute Gasteiger partial charge is 0.506 e. The van der Waals surface area contributed by atoms with Crippen LogP contribution in [0, 0.1) is 7.14 Å². The van der Waals surface area contributed by atoms with Crippen LogP contribution in [0.3, 0.4) is 0 Å². The molecule has 0 saturated heterocycles. The molecular weight excluding hydrogens is 394 g/mol. The first-order valence-corrected chi connectivity index (χ1v) is 5.85. The minimum Gasteiger partial charge on any atom is -0.506 e. The van der Waals surface area contributed by atoms with Crippen molar-refractivity contribution in [3.63, 3.8) is 0 Å². The summed E-state index contributed by atoms with van der Waals surface area (Å²) in [6, 6.07) is 3.56. The monoisotopic (exact) mass is 404 g/mol. The van der Waals surface area contributed by atoms with E-state index in [9.17, 15) is 5.11 Å². The standard InChI is InChI=1S/C8H10I2N2O/c9-5-1-4(7(12)3-11)2-6(10)8(5)13/h1-2,7,13H,3,11-12H2/t7-/m1/s1. The summed E-state index contributed by atoms with van der Waals surface area (Å²) >= 11 is 4.15. The molecule has 0 radical (unpaired) electrons. The van der Waals surface area contributed by atoms with Crippen LogP contribution in [0.2, 0.25) is 0 Å². The van der Waals surface area contributed by atoms with Gasteiger partial charge < -0.3 is 16.6 Å². The van der Waals surface area contributed by atoms with E-state index in [4.69, 9.17) is 11.5 Å². The zero-order chi connectivity index (χ0) is 10.0. The number of phenolic OH excluding ortho intramolecular Hbond substituents is 1. The Morgan fingerprint density at radius 3 is 2.15 bits per heavy atom. The van der Waals surface area contributed by atoms with Crippen molar-refractivity contribution in [2.75, 3.05) is 6.54 Å². The number of hydrogen-bond acceptors (Lipinski definition) is 3. The first kappa shape index (κ1) is 11.5. The van der Waals surface area contributed by atoms with E-state index in [-0.39, 0.29) is 6.04 Å². The molecule has 0 bridgehead atoms. The van der Waals surface area contributed by atoms with Gasteiger partial charge in [0, 0.05) is 12.6 Å². The average molecular weight is 404 g/mol. The van der Waals surface area contributed by atoms with Crippen molar-refractivity contribution >= 4 is 45.2 Å². The second kappa shape index (κ2) is 4.76. The molecule has 0 heterocycles. The van der Waals surface area contributed by atoms with Crippen molar-refractivity contribution in [3.8, 4) is 5.75 Å². The summed E-state index contributed by atoms with van der Waals surface area (Å²) < 4.78 is 1.62. The van der Waals surface area contributed by atoms with Gasteiger partial charge in [-0.1, -0.05) is 0 Å². The van der Waals surface area contributed by atoms with E-state index < -0.39 is 0 Å².